The van der Waals surface area contributed by atoms with Gasteiger partial charge in [0.25, 0.3) is 0 Å². The molecular formula is C17H21ClF2N4OS. The highest BCUT2D eigenvalue weighted by atomic mass is 35.5. The first-order valence-corrected chi connectivity index (χ1v) is 9.47. The van der Waals surface area contributed by atoms with E-state index in [4.69, 9.17) is 17.3 Å². The molecule has 1 aromatic carbocycles. The summed E-state index contributed by atoms with van der Waals surface area (Å²) >= 11 is 7.39. The van der Waals surface area contributed by atoms with E-state index in [-0.39, 0.29) is 5.75 Å². The lowest BCUT2D eigenvalue weighted by Crippen LogP contribution is -2.41. The number of aromatic nitrogens is 1. The summed E-state index contributed by atoms with van der Waals surface area (Å²) in [5.74, 6) is 0.0132. The number of hydrogen-bond acceptors (Lipinski definition) is 6. The second kappa shape index (κ2) is 7.94. The van der Waals surface area contributed by atoms with Gasteiger partial charge in [0.2, 0.25) is 0 Å². The molecule has 3 rings (SSSR count). The molecule has 0 aliphatic carbocycles. The van der Waals surface area contributed by atoms with E-state index in [1.807, 2.05) is 0 Å². The highest BCUT2D eigenvalue weighted by Crippen LogP contribution is 2.41. The third kappa shape index (κ3) is 4.19. The average Bonchev–Trinajstić information content (AvgIpc) is 2.98. The van der Waals surface area contributed by atoms with Crippen LogP contribution in [0, 0.1) is 0 Å². The van der Waals surface area contributed by atoms with Crippen molar-refractivity contribution in [2.24, 2.45) is 0 Å². The first kappa shape index (κ1) is 19.1. The van der Waals surface area contributed by atoms with Crippen molar-refractivity contribution in [3.8, 4) is 17.0 Å². The van der Waals surface area contributed by atoms with Crippen LogP contribution < -0.4 is 15.4 Å². The summed E-state index contributed by atoms with van der Waals surface area (Å²) in [5.41, 5.74) is 6.94. The Morgan fingerprint density at radius 2 is 2.04 bits per heavy atom. The maximum atomic E-state index is 12.7. The van der Waals surface area contributed by atoms with Crippen molar-refractivity contribution in [2.75, 3.05) is 37.8 Å². The largest absolute Gasteiger partial charge is 0.434 e. The van der Waals surface area contributed by atoms with Gasteiger partial charge in [0.1, 0.15) is 16.4 Å². The van der Waals surface area contributed by atoms with Gasteiger partial charge in [-0.3, -0.25) is 0 Å². The van der Waals surface area contributed by atoms with Gasteiger partial charge in [-0.05, 0) is 45.1 Å². The van der Waals surface area contributed by atoms with Crippen LogP contribution >= 0.6 is 22.9 Å². The van der Waals surface area contributed by atoms with Gasteiger partial charge in [-0.15, -0.1) is 0 Å². The minimum absolute atomic E-state index is 0.0132. The molecule has 0 saturated carbocycles. The molecule has 2 N–H and O–H groups in total. The minimum Gasteiger partial charge on any atom is -0.434 e. The number of anilines is 2. The molecule has 0 amide bonds. The predicted molar refractivity (Wildman–Crippen MR) is 103 cm³/mol. The number of nitrogen functional groups attached to an aromatic ring is 1. The van der Waals surface area contributed by atoms with Gasteiger partial charge in [-0.25, -0.2) is 4.98 Å². The van der Waals surface area contributed by atoms with Crippen molar-refractivity contribution >= 4 is 33.1 Å². The lowest BCUT2D eigenvalue weighted by molar-refractivity contribution is -0.0494. The van der Waals surface area contributed by atoms with Crippen LogP contribution in [-0.2, 0) is 0 Å². The maximum absolute atomic E-state index is 12.7. The van der Waals surface area contributed by atoms with E-state index in [9.17, 15) is 8.78 Å². The van der Waals surface area contributed by atoms with Crippen molar-refractivity contribution in [1.82, 2.24) is 9.88 Å². The Bertz CT molecular complexity index is 763. The fraction of sp³-hybridized carbons (Fsp3) is 0.471. The Kier molecular flexibility index (Phi) is 5.84. The van der Waals surface area contributed by atoms with Gasteiger partial charge >= 0.3 is 6.61 Å². The van der Waals surface area contributed by atoms with Crippen molar-refractivity contribution < 1.29 is 13.5 Å². The van der Waals surface area contributed by atoms with Crippen LogP contribution in [0.1, 0.15) is 12.8 Å². The maximum Gasteiger partial charge on any atom is 0.387 e. The van der Waals surface area contributed by atoms with Crippen LogP contribution in [0.4, 0.5) is 18.9 Å². The number of ether oxygens (including phenoxy) is 1. The van der Waals surface area contributed by atoms with E-state index >= 15 is 0 Å². The normalized spacial score (nSPS) is 15.9. The molecule has 26 heavy (non-hydrogen) atoms. The Hall–Kier alpha value is -1.64. The second-order valence-corrected chi connectivity index (χ2v) is 7.86. The summed E-state index contributed by atoms with van der Waals surface area (Å²) in [7, 11) is 4.17. The smallest absolute Gasteiger partial charge is 0.387 e. The van der Waals surface area contributed by atoms with Gasteiger partial charge < -0.3 is 20.3 Å². The number of nitrogens with zero attached hydrogens (tertiary/aromatic N) is 3. The SMILES string of the molecule is CN(C)C1CCN(c2nc(-c3cc(Cl)ccc3OC(F)F)c(N)s2)CC1. The molecule has 1 aliphatic heterocycles. The molecule has 5 nitrogen and oxygen atoms in total. The van der Waals surface area contributed by atoms with Crippen molar-refractivity contribution in [3.05, 3.63) is 23.2 Å². The van der Waals surface area contributed by atoms with Crippen LogP contribution in [0.3, 0.4) is 0 Å². The first-order chi connectivity index (χ1) is 12.3. The number of halogens is 3. The van der Waals surface area contributed by atoms with Crippen molar-refractivity contribution in [2.45, 2.75) is 25.5 Å². The lowest BCUT2D eigenvalue weighted by Gasteiger charge is -2.34. The molecule has 1 fully saturated rings. The monoisotopic (exact) mass is 402 g/mol. The molecule has 0 spiro atoms. The highest BCUT2D eigenvalue weighted by Gasteiger charge is 2.25. The molecular weight excluding hydrogens is 382 g/mol. The van der Waals surface area contributed by atoms with Crippen LogP contribution in [0.2, 0.25) is 5.02 Å². The molecule has 0 bridgehead atoms. The van der Waals surface area contributed by atoms with E-state index in [1.54, 1.807) is 6.07 Å². The summed E-state index contributed by atoms with van der Waals surface area (Å²) in [5, 5.41) is 1.65. The third-order valence-electron chi connectivity index (χ3n) is 4.52. The summed E-state index contributed by atoms with van der Waals surface area (Å²) in [6.07, 6.45) is 2.08. The van der Waals surface area contributed by atoms with Gasteiger partial charge in [-0.1, -0.05) is 22.9 Å². The zero-order chi connectivity index (χ0) is 18.8. The molecule has 1 aliphatic rings. The van der Waals surface area contributed by atoms with Gasteiger partial charge in [0.05, 0.1) is 0 Å². The van der Waals surface area contributed by atoms with Crippen LogP contribution in [0.25, 0.3) is 11.3 Å². The number of benzene rings is 1. The van der Waals surface area contributed by atoms with Crippen molar-refractivity contribution in [1.29, 1.82) is 0 Å². The van der Waals surface area contributed by atoms with Gasteiger partial charge in [-0.2, -0.15) is 8.78 Å². The summed E-state index contributed by atoms with van der Waals surface area (Å²) in [4.78, 5) is 9.02. The molecule has 0 atom stereocenters. The average molecular weight is 403 g/mol. The number of hydrogen-bond donors (Lipinski definition) is 1. The summed E-state index contributed by atoms with van der Waals surface area (Å²) < 4.78 is 30.0. The number of nitrogens with two attached hydrogens (primary N) is 1. The summed E-state index contributed by atoms with van der Waals surface area (Å²) in [6, 6.07) is 5.01. The molecule has 0 radical (unpaired) electrons. The molecule has 142 valence electrons. The van der Waals surface area contributed by atoms with E-state index < -0.39 is 6.61 Å². The second-order valence-electron chi connectivity index (χ2n) is 6.41. The zero-order valence-corrected chi connectivity index (χ0v) is 16.2. The fourth-order valence-corrected chi connectivity index (χ4v) is 4.18. The molecule has 9 heteroatoms. The molecule has 1 saturated heterocycles. The highest BCUT2D eigenvalue weighted by molar-refractivity contribution is 7.19. The van der Waals surface area contributed by atoms with Crippen LogP contribution in [-0.4, -0.2) is 49.7 Å². The molecule has 2 aromatic rings. The Morgan fingerprint density at radius 1 is 1.35 bits per heavy atom. The topological polar surface area (TPSA) is 54.6 Å². The lowest BCUT2D eigenvalue weighted by atomic mass is 10.0. The Balaban J connectivity index is 1.86. The van der Waals surface area contributed by atoms with Crippen LogP contribution in [0.15, 0.2) is 18.2 Å². The third-order valence-corrected chi connectivity index (χ3v) is 5.70. The molecule has 0 unspecified atom stereocenters. The number of piperidine rings is 1. The fourth-order valence-electron chi connectivity index (χ4n) is 3.11. The van der Waals surface area contributed by atoms with E-state index in [0.29, 0.717) is 27.3 Å². The van der Waals surface area contributed by atoms with E-state index in [1.165, 1.54) is 23.5 Å². The molecule has 2 heterocycles. The number of thiazole rings is 1. The predicted octanol–water partition coefficient (Wildman–Crippen LogP) is 4.18. The first-order valence-electron chi connectivity index (χ1n) is 8.27. The number of rotatable bonds is 5. The van der Waals surface area contributed by atoms with E-state index in [0.717, 1.165) is 31.1 Å². The quantitative estimate of drug-likeness (QED) is 0.813. The zero-order valence-electron chi connectivity index (χ0n) is 14.6. The summed E-state index contributed by atoms with van der Waals surface area (Å²) in [6.45, 7) is -1.17. The standard InChI is InChI=1S/C17H21ClF2N4OS/c1-23(2)11-5-7-24(8-6-11)17-22-14(15(21)26-17)12-9-10(18)3-4-13(12)25-16(19)20/h3-4,9,11,16H,5-8,21H2,1-2H3. The van der Waals surface area contributed by atoms with E-state index in [2.05, 4.69) is 33.6 Å². The Morgan fingerprint density at radius 3 is 2.65 bits per heavy atom. The Labute approximate surface area is 160 Å². The van der Waals surface area contributed by atoms with Crippen molar-refractivity contribution in [3.63, 3.8) is 0 Å². The minimum atomic E-state index is -2.93. The molecule has 1 aromatic heterocycles. The van der Waals surface area contributed by atoms with Gasteiger partial charge in [0.15, 0.2) is 5.13 Å². The van der Waals surface area contributed by atoms with Crippen LogP contribution in [0.5, 0.6) is 5.75 Å². The number of alkyl halides is 2. The van der Waals surface area contributed by atoms with Gasteiger partial charge in [0, 0.05) is 29.7 Å².